The number of halogens is 1. The number of carbonyl (C=O) groups is 1. The molecule has 0 aliphatic heterocycles. The van der Waals surface area contributed by atoms with Crippen LogP contribution in [0.1, 0.15) is 58.3 Å². The fraction of sp³-hybridized carbons (Fsp3) is 0.933. The van der Waals surface area contributed by atoms with Crippen LogP contribution in [0.15, 0.2) is 0 Å². The zero-order valence-electron chi connectivity index (χ0n) is 12.3. The predicted octanol–water partition coefficient (Wildman–Crippen LogP) is 2.14. The molecule has 3 aliphatic rings. The lowest BCUT2D eigenvalue weighted by Crippen LogP contribution is -2.70. The van der Waals surface area contributed by atoms with Gasteiger partial charge in [0, 0.05) is 18.1 Å². The van der Waals surface area contributed by atoms with Crippen LogP contribution in [-0.2, 0) is 9.53 Å². The molecule has 3 rings (SSSR count). The van der Waals surface area contributed by atoms with Gasteiger partial charge in [-0.25, -0.2) is 0 Å². The Morgan fingerprint density at radius 1 is 1.25 bits per heavy atom. The summed E-state index contributed by atoms with van der Waals surface area (Å²) < 4.78 is 5.82. The molecular formula is C15H27ClN2O2. The highest BCUT2D eigenvalue weighted by molar-refractivity contribution is 5.86. The van der Waals surface area contributed by atoms with Crippen molar-refractivity contribution in [2.75, 3.05) is 6.61 Å². The summed E-state index contributed by atoms with van der Waals surface area (Å²) in [7, 11) is 0. The molecule has 3 fully saturated rings. The van der Waals surface area contributed by atoms with E-state index in [-0.39, 0.29) is 23.7 Å². The third-order valence-corrected chi connectivity index (χ3v) is 5.69. The molecule has 3 saturated carbocycles. The number of hydrogen-bond donors (Lipinski definition) is 2. The summed E-state index contributed by atoms with van der Waals surface area (Å²) in [5, 5.41) is 3.24. The maximum Gasteiger partial charge on any atom is 0.240 e. The molecule has 0 aromatic heterocycles. The van der Waals surface area contributed by atoms with Crippen molar-refractivity contribution in [1.29, 1.82) is 0 Å². The highest BCUT2D eigenvalue weighted by Gasteiger charge is 2.60. The van der Waals surface area contributed by atoms with Crippen LogP contribution in [0.2, 0.25) is 0 Å². The normalized spacial score (nSPS) is 32.9. The van der Waals surface area contributed by atoms with E-state index in [4.69, 9.17) is 10.5 Å². The molecule has 4 nitrogen and oxygen atoms in total. The molecule has 20 heavy (non-hydrogen) atoms. The minimum atomic E-state index is -0.596. The molecule has 0 aromatic carbocycles. The van der Waals surface area contributed by atoms with Crippen LogP contribution < -0.4 is 11.1 Å². The van der Waals surface area contributed by atoms with Gasteiger partial charge in [0.2, 0.25) is 5.91 Å². The molecular weight excluding hydrogens is 276 g/mol. The number of amides is 1. The fourth-order valence-electron chi connectivity index (χ4n) is 4.18. The zero-order chi connectivity index (χ0) is 13.5. The van der Waals surface area contributed by atoms with Gasteiger partial charge in [0.15, 0.2) is 0 Å². The Balaban J connectivity index is 0.00000147. The molecule has 3 aliphatic carbocycles. The molecule has 0 bridgehead atoms. The van der Waals surface area contributed by atoms with E-state index >= 15 is 0 Å². The van der Waals surface area contributed by atoms with Crippen molar-refractivity contribution in [3.05, 3.63) is 0 Å². The minimum absolute atomic E-state index is 0. The molecule has 0 radical (unpaired) electrons. The lowest BCUT2D eigenvalue weighted by atomic mass is 9.51. The van der Waals surface area contributed by atoms with Crippen LogP contribution in [0.4, 0.5) is 0 Å². The lowest BCUT2D eigenvalue weighted by molar-refractivity contribution is -0.177. The molecule has 1 spiro atoms. The number of hydrogen-bond acceptors (Lipinski definition) is 3. The van der Waals surface area contributed by atoms with Crippen molar-refractivity contribution < 1.29 is 9.53 Å². The van der Waals surface area contributed by atoms with Crippen LogP contribution in [0, 0.1) is 5.41 Å². The van der Waals surface area contributed by atoms with Crippen molar-refractivity contribution in [3.8, 4) is 0 Å². The SMILES string of the molecule is CCOC1CC(NC(=O)C2(N)CCCC2)C12CCC2.Cl. The van der Waals surface area contributed by atoms with Crippen molar-refractivity contribution in [2.24, 2.45) is 11.1 Å². The predicted molar refractivity (Wildman–Crippen MR) is 80.9 cm³/mol. The first-order valence-corrected chi connectivity index (χ1v) is 7.82. The van der Waals surface area contributed by atoms with Gasteiger partial charge >= 0.3 is 0 Å². The lowest BCUT2D eigenvalue weighted by Gasteiger charge is -2.61. The van der Waals surface area contributed by atoms with E-state index in [0.717, 1.165) is 38.7 Å². The van der Waals surface area contributed by atoms with Gasteiger partial charge in [-0.15, -0.1) is 12.4 Å². The van der Waals surface area contributed by atoms with Crippen LogP contribution in [0.5, 0.6) is 0 Å². The first-order valence-electron chi connectivity index (χ1n) is 7.82. The second-order valence-corrected chi connectivity index (χ2v) is 6.66. The van der Waals surface area contributed by atoms with Crippen molar-refractivity contribution in [3.63, 3.8) is 0 Å². The quantitative estimate of drug-likeness (QED) is 0.836. The summed E-state index contributed by atoms with van der Waals surface area (Å²) in [6.45, 7) is 2.82. The number of nitrogens with two attached hydrogens (primary N) is 1. The van der Waals surface area contributed by atoms with E-state index in [9.17, 15) is 4.79 Å². The smallest absolute Gasteiger partial charge is 0.240 e. The van der Waals surface area contributed by atoms with Crippen LogP contribution in [0.3, 0.4) is 0 Å². The fourth-order valence-corrected chi connectivity index (χ4v) is 4.18. The van der Waals surface area contributed by atoms with E-state index in [2.05, 4.69) is 5.32 Å². The van der Waals surface area contributed by atoms with Gasteiger partial charge in [-0.05, 0) is 39.0 Å². The van der Waals surface area contributed by atoms with E-state index in [0.29, 0.717) is 12.1 Å². The van der Waals surface area contributed by atoms with Gasteiger partial charge in [0.05, 0.1) is 11.6 Å². The Morgan fingerprint density at radius 3 is 2.40 bits per heavy atom. The average Bonchev–Trinajstić information content (AvgIpc) is 2.73. The second-order valence-electron chi connectivity index (χ2n) is 6.66. The number of rotatable bonds is 4. The molecule has 0 heterocycles. The summed E-state index contributed by atoms with van der Waals surface area (Å²) >= 11 is 0. The highest BCUT2D eigenvalue weighted by Crippen LogP contribution is 2.57. The van der Waals surface area contributed by atoms with E-state index in [1.807, 2.05) is 6.92 Å². The second kappa shape index (κ2) is 5.82. The van der Waals surface area contributed by atoms with Gasteiger partial charge in [0.25, 0.3) is 0 Å². The molecule has 116 valence electrons. The molecule has 0 aromatic rings. The number of ether oxygens (including phenoxy) is 1. The largest absolute Gasteiger partial charge is 0.378 e. The Kier molecular flexibility index (Phi) is 4.67. The van der Waals surface area contributed by atoms with Gasteiger partial charge in [-0.2, -0.15) is 0 Å². The standard InChI is InChI=1S/C15H26N2O2.ClH/c1-2-19-12-10-11(14(12)6-5-7-14)17-13(18)15(16)8-3-4-9-15;/h11-12H,2-10,16H2,1H3,(H,17,18);1H. The average molecular weight is 303 g/mol. The highest BCUT2D eigenvalue weighted by atomic mass is 35.5. The molecule has 3 N–H and O–H groups in total. The van der Waals surface area contributed by atoms with Crippen LogP contribution in [-0.4, -0.2) is 30.2 Å². The summed E-state index contributed by atoms with van der Waals surface area (Å²) in [6.07, 6.45) is 8.83. The van der Waals surface area contributed by atoms with Crippen LogP contribution >= 0.6 is 12.4 Å². The Labute approximate surface area is 127 Å². The topological polar surface area (TPSA) is 64.3 Å². The Morgan fingerprint density at radius 2 is 1.90 bits per heavy atom. The third-order valence-electron chi connectivity index (χ3n) is 5.69. The summed E-state index contributed by atoms with van der Waals surface area (Å²) in [6, 6.07) is 0.298. The van der Waals surface area contributed by atoms with Gasteiger partial charge in [-0.1, -0.05) is 19.3 Å². The van der Waals surface area contributed by atoms with E-state index in [1.165, 1.54) is 19.3 Å². The molecule has 5 heteroatoms. The van der Waals surface area contributed by atoms with E-state index in [1.54, 1.807) is 0 Å². The van der Waals surface area contributed by atoms with E-state index < -0.39 is 5.54 Å². The van der Waals surface area contributed by atoms with Gasteiger partial charge in [0.1, 0.15) is 0 Å². The minimum Gasteiger partial charge on any atom is -0.378 e. The van der Waals surface area contributed by atoms with Gasteiger partial charge < -0.3 is 15.8 Å². The summed E-state index contributed by atoms with van der Waals surface area (Å²) in [5.74, 6) is 0.0798. The molecule has 0 saturated heterocycles. The first-order chi connectivity index (χ1) is 9.11. The number of nitrogens with one attached hydrogen (secondary N) is 1. The van der Waals surface area contributed by atoms with Crippen molar-refractivity contribution >= 4 is 18.3 Å². The third kappa shape index (κ3) is 2.36. The van der Waals surface area contributed by atoms with Gasteiger partial charge in [-0.3, -0.25) is 4.79 Å². The van der Waals surface area contributed by atoms with Crippen LogP contribution in [0.25, 0.3) is 0 Å². The summed E-state index contributed by atoms with van der Waals surface area (Å²) in [5.41, 5.74) is 5.87. The zero-order valence-corrected chi connectivity index (χ0v) is 13.1. The summed E-state index contributed by atoms with van der Waals surface area (Å²) in [4.78, 5) is 12.4. The Hall–Kier alpha value is -0.320. The molecule has 1 amide bonds. The van der Waals surface area contributed by atoms with Crippen molar-refractivity contribution in [1.82, 2.24) is 5.32 Å². The maximum absolute atomic E-state index is 12.4. The molecule has 2 unspecified atom stereocenters. The maximum atomic E-state index is 12.4. The number of carbonyl (C=O) groups excluding carboxylic acids is 1. The Bertz CT molecular complexity index is 365. The first kappa shape index (κ1) is 16.1. The molecule has 2 atom stereocenters. The van der Waals surface area contributed by atoms with Crippen molar-refractivity contribution in [2.45, 2.75) is 76.0 Å². The monoisotopic (exact) mass is 302 g/mol.